The zero-order valence-corrected chi connectivity index (χ0v) is 15.1. The third-order valence-electron chi connectivity index (χ3n) is 5.35. The molecule has 0 aromatic heterocycles. The molecule has 2 fully saturated rings. The normalized spacial score (nSPS) is 23.6. The predicted molar refractivity (Wildman–Crippen MR) is 98.3 cm³/mol. The fourth-order valence-corrected chi connectivity index (χ4v) is 4.32. The van der Waals surface area contributed by atoms with Gasteiger partial charge in [0.1, 0.15) is 0 Å². The predicted octanol–water partition coefficient (Wildman–Crippen LogP) is 2.19. The Morgan fingerprint density at radius 3 is 2.64 bits per heavy atom. The van der Waals surface area contributed by atoms with E-state index in [0.717, 1.165) is 31.5 Å². The molecule has 3 rings (SSSR count). The van der Waals surface area contributed by atoms with Crippen molar-refractivity contribution < 1.29 is 9.59 Å². The maximum absolute atomic E-state index is 12.8. The number of nitrogens with two attached hydrogens (primary N) is 1. The number of fused-ring (bicyclic) bond motifs is 2. The van der Waals surface area contributed by atoms with E-state index in [1.807, 2.05) is 29.2 Å². The molecule has 25 heavy (non-hydrogen) atoms. The summed E-state index contributed by atoms with van der Waals surface area (Å²) in [6, 6.07) is 8.80. The summed E-state index contributed by atoms with van der Waals surface area (Å²) in [5.74, 6) is -0.402. The largest absolute Gasteiger partial charge is 0.369 e. The van der Waals surface area contributed by atoms with Gasteiger partial charge in [0.2, 0.25) is 5.91 Å². The quantitative estimate of drug-likeness (QED) is 0.879. The Balaban J connectivity index is 1.69. The van der Waals surface area contributed by atoms with E-state index in [-0.39, 0.29) is 12.5 Å². The van der Waals surface area contributed by atoms with Crippen LogP contribution in [-0.4, -0.2) is 53.0 Å². The summed E-state index contributed by atoms with van der Waals surface area (Å²) in [6.07, 6.45) is 3.54. The Labute approximate surface area is 149 Å². The number of benzene rings is 1. The molecule has 136 valence electrons. The zero-order chi connectivity index (χ0) is 18.0. The number of nitrogens with one attached hydrogen (secondary N) is 1. The molecule has 2 bridgehead atoms. The lowest BCUT2D eigenvalue weighted by Crippen LogP contribution is -2.45. The van der Waals surface area contributed by atoms with Crippen molar-refractivity contribution in [2.24, 2.45) is 5.73 Å². The number of carbonyl (C=O) groups excluding carboxylic acids is 2. The van der Waals surface area contributed by atoms with Gasteiger partial charge in [-0.15, -0.1) is 0 Å². The van der Waals surface area contributed by atoms with E-state index >= 15 is 0 Å². The minimum absolute atomic E-state index is 0.0897. The Morgan fingerprint density at radius 2 is 1.92 bits per heavy atom. The molecule has 0 saturated carbocycles. The van der Waals surface area contributed by atoms with Crippen LogP contribution < -0.4 is 11.1 Å². The third-order valence-corrected chi connectivity index (χ3v) is 5.35. The molecule has 2 heterocycles. The van der Waals surface area contributed by atoms with Crippen molar-refractivity contribution in [2.75, 3.05) is 18.4 Å². The van der Waals surface area contributed by atoms with E-state index < -0.39 is 5.91 Å². The first-order valence-corrected chi connectivity index (χ1v) is 9.15. The molecular formula is C19H28N4O2. The highest BCUT2D eigenvalue weighted by atomic mass is 16.2. The Hall–Kier alpha value is -2.08. The van der Waals surface area contributed by atoms with Gasteiger partial charge in [-0.2, -0.15) is 0 Å². The fourth-order valence-electron chi connectivity index (χ4n) is 4.32. The van der Waals surface area contributed by atoms with E-state index in [1.165, 1.54) is 6.42 Å². The molecule has 2 atom stereocenters. The van der Waals surface area contributed by atoms with Gasteiger partial charge in [-0.25, -0.2) is 4.79 Å². The van der Waals surface area contributed by atoms with Crippen LogP contribution in [0.25, 0.3) is 0 Å². The van der Waals surface area contributed by atoms with E-state index in [2.05, 4.69) is 24.1 Å². The second-order valence-electron chi connectivity index (χ2n) is 7.39. The van der Waals surface area contributed by atoms with Crippen LogP contribution >= 0.6 is 0 Å². The van der Waals surface area contributed by atoms with Crippen molar-refractivity contribution in [3.63, 3.8) is 0 Å². The number of primary amides is 1. The number of hydrogen-bond acceptors (Lipinski definition) is 3. The number of urea groups is 1. The maximum Gasteiger partial charge on any atom is 0.321 e. The van der Waals surface area contributed by atoms with Crippen LogP contribution in [0.2, 0.25) is 0 Å². The van der Waals surface area contributed by atoms with Crippen molar-refractivity contribution >= 4 is 17.6 Å². The lowest BCUT2D eigenvalue weighted by Gasteiger charge is -2.32. The van der Waals surface area contributed by atoms with Crippen molar-refractivity contribution in [3.05, 3.63) is 29.8 Å². The van der Waals surface area contributed by atoms with Crippen LogP contribution in [0.4, 0.5) is 10.5 Å². The lowest BCUT2D eigenvalue weighted by molar-refractivity contribution is -0.117. The molecule has 6 nitrogen and oxygen atoms in total. The minimum Gasteiger partial charge on any atom is -0.369 e. The van der Waals surface area contributed by atoms with Gasteiger partial charge in [0.25, 0.3) is 0 Å². The summed E-state index contributed by atoms with van der Waals surface area (Å²) in [7, 11) is 0. The first-order chi connectivity index (χ1) is 12.0. The SMILES string of the molecule is CC(C)N1[C@H]2CC[C@H]1CN(C(=O)Nc1ccccc1CC(N)=O)CC2. The van der Waals surface area contributed by atoms with Gasteiger partial charge in [-0.05, 0) is 44.7 Å². The van der Waals surface area contributed by atoms with Gasteiger partial charge >= 0.3 is 6.03 Å². The summed E-state index contributed by atoms with van der Waals surface area (Å²) in [5.41, 5.74) is 6.73. The smallest absolute Gasteiger partial charge is 0.321 e. The van der Waals surface area contributed by atoms with E-state index in [9.17, 15) is 9.59 Å². The molecule has 1 aromatic carbocycles. The molecule has 3 N–H and O–H groups in total. The van der Waals surface area contributed by atoms with Crippen LogP contribution in [0.1, 0.15) is 38.7 Å². The number of rotatable bonds is 4. The van der Waals surface area contributed by atoms with Crippen molar-refractivity contribution in [1.29, 1.82) is 0 Å². The van der Waals surface area contributed by atoms with Crippen LogP contribution in [-0.2, 0) is 11.2 Å². The summed E-state index contributed by atoms with van der Waals surface area (Å²) >= 11 is 0. The molecule has 0 unspecified atom stereocenters. The molecule has 6 heteroatoms. The first-order valence-electron chi connectivity index (χ1n) is 9.15. The molecule has 2 aliphatic heterocycles. The van der Waals surface area contributed by atoms with Crippen LogP contribution in [0, 0.1) is 0 Å². The van der Waals surface area contributed by atoms with Crippen LogP contribution in [0.15, 0.2) is 24.3 Å². The lowest BCUT2D eigenvalue weighted by atomic mass is 10.1. The highest BCUT2D eigenvalue weighted by molar-refractivity contribution is 5.91. The molecule has 2 saturated heterocycles. The average molecular weight is 344 g/mol. The molecule has 1 aromatic rings. The van der Waals surface area contributed by atoms with E-state index in [4.69, 9.17) is 5.73 Å². The number of likely N-dealkylation sites (tertiary alicyclic amines) is 1. The van der Waals surface area contributed by atoms with Gasteiger partial charge in [0.05, 0.1) is 6.42 Å². The number of carbonyl (C=O) groups is 2. The summed E-state index contributed by atoms with van der Waals surface area (Å²) in [6.45, 7) is 6.01. The molecule has 2 aliphatic rings. The number of anilines is 1. The van der Waals surface area contributed by atoms with E-state index in [1.54, 1.807) is 0 Å². The highest BCUT2D eigenvalue weighted by Gasteiger charge is 2.39. The van der Waals surface area contributed by atoms with Crippen molar-refractivity contribution in [2.45, 2.75) is 57.7 Å². The van der Waals surface area contributed by atoms with Gasteiger partial charge in [-0.1, -0.05) is 18.2 Å². The van der Waals surface area contributed by atoms with Gasteiger partial charge in [-0.3, -0.25) is 9.69 Å². The van der Waals surface area contributed by atoms with Crippen molar-refractivity contribution in [3.8, 4) is 0 Å². The molecule has 0 radical (unpaired) electrons. The Bertz CT molecular complexity index is 646. The third kappa shape index (κ3) is 3.95. The first kappa shape index (κ1) is 17.7. The fraction of sp³-hybridized carbons (Fsp3) is 0.579. The topological polar surface area (TPSA) is 78.7 Å². The molecule has 0 aliphatic carbocycles. The Kier molecular flexibility index (Phi) is 5.27. The van der Waals surface area contributed by atoms with Gasteiger partial charge in [0.15, 0.2) is 0 Å². The standard InChI is InChI=1S/C19H28N4O2/c1-13(2)23-15-7-8-16(23)12-22(10-9-15)19(25)21-17-6-4-3-5-14(17)11-18(20)24/h3-6,13,15-16H,7-12H2,1-2H3,(H2,20,24)(H,21,25)/t15-,16-/m0/s1. The summed E-state index contributed by atoms with van der Waals surface area (Å²) in [5, 5.41) is 2.98. The monoisotopic (exact) mass is 344 g/mol. The molecule has 3 amide bonds. The number of hydrogen-bond donors (Lipinski definition) is 2. The zero-order valence-electron chi connectivity index (χ0n) is 15.1. The minimum atomic E-state index is -0.402. The number of para-hydroxylation sites is 1. The highest BCUT2D eigenvalue weighted by Crippen LogP contribution is 2.32. The van der Waals surface area contributed by atoms with Crippen LogP contribution in [0.5, 0.6) is 0 Å². The number of amides is 3. The summed E-state index contributed by atoms with van der Waals surface area (Å²) in [4.78, 5) is 28.5. The average Bonchev–Trinajstić information content (AvgIpc) is 2.83. The van der Waals surface area contributed by atoms with Gasteiger partial charge in [0, 0.05) is 36.9 Å². The second kappa shape index (κ2) is 7.44. The maximum atomic E-state index is 12.8. The van der Waals surface area contributed by atoms with Crippen molar-refractivity contribution in [1.82, 2.24) is 9.80 Å². The van der Waals surface area contributed by atoms with E-state index in [0.29, 0.717) is 23.8 Å². The molecular weight excluding hydrogens is 316 g/mol. The number of nitrogens with zero attached hydrogens (tertiary/aromatic N) is 2. The van der Waals surface area contributed by atoms with Gasteiger partial charge < -0.3 is 16.0 Å². The second-order valence-corrected chi connectivity index (χ2v) is 7.39. The van der Waals surface area contributed by atoms with Crippen LogP contribution in [0.3, 0.4) is 0 Å². The molecule has 0 spiro atoms. The summed E-state index contributed by atoms with van der Waals surface area (Å²) < 4.78 is 0. The Morgan fingerprint density at radius 1 is 1.20 bits per heavy atom.